The van der Waals surface area contributed by atoms with E-state index in [4.69, 9.17) is 4.52 Å². The lowest BCUT2D eigenvalue weighted by Gasteiger charge is -2.42. The molecule has 4 heterocycles. The highest BCUT2D eigenvalue weighted by Gasteiger charge is 2.49. The molecular weight excluding hydrogens is 490 g/mol. The van der Waals surface area contributed by atoms with Crippen LogP contribution in [0, 0.1) is 0 Å². The maximum atomic E-state index is 13.7. The summed E-state index contributed by atoms with van der Waals surface area (Å²) in [4.78, 5) is 12.7. The van der Waals surface area contributed by atoms with E-state index in [0.717, 1.165) is 44.3 Å². The highest BCUT2D eigenvalue weighted by molar-refractivity contribution is 7.86. The number of amides is 1. The van der Waals surface area contributed by atoms with Crippen molar-refractivity contribution in [3.8, 4) is 0 Å². The molecule has 1 saturated carbocycles. The highest BCUT2D eigenvalue weighted by Crippen LogP contribution is 2.41. The Kier molecular flexibility index (Phi) is 6.85. The van der Waals surface area contributed by atoms with E-state index in [1.807, 2.05) is 18.2 Å². The Bertz CT molecular complexity index is 1190. The summed E-state index contributed by atoms with van der Waals surface area (Å²) in [5.74, 6) is 0.974. The Morgan fingerprint density at radius 2 is 1.68 bits per heavy atom. The van der Waals surface area contributed by atoms with E-state index in [2.05, 4.69) is 34.8 Å². The van der Waals surface area contributed by atoms with Crippen molar-refractivity contribution in [2.45, 2.75) is 94.4 Å². The maximum Gasteiger partial charge on any atom is 0.282 e. The zero-order valence-electron chi connectivity index (χ0n) is 21.4. The van der Waals surface area contributed by atoms with Crippen molar-refractivity contribution in [1.82, 2.24) is 24.4 Å². The predicted molar refractivity (Wildman–Crippen MR) is 139 cm³/mol. The number of benzene rings is 1. The van der Waals surface area contributed by atoms with E-state index in [1.165, 1.54) is 5.56 Å². The first-order valence-electron chi connectivity index (χ1n) is 13.8. The molecule has 3 aliphatic heterocycles. The number of hydrogen-bond donors (Lipinski definition) is 2. The third-order valence-corrected chi connectivity index (χ3v) is 10.7. The Balaban J connectivity index is 1.03. The molecule has 0 spiro atoms. The fourth-order valence-corrected chi connectivity index (χ4v) is 8.50. The summed E-state index contributed by atoms with van der Waals surface area (Å²) in [5, 5.41) is 10.7. The molecule has 0 radical (unpaired) electrons. The normalized spacial score (nSPS) is 28.3. The molecule has 10 heteroatoms. The second kappa shape index (κ2) is 10.1. The smallest absolute Gasteiger partial charge is 0.282 e. The largest absolute Gasteiger partial charge is 0.360 e. The van der Waals surface area contributed by atoms with Crippen LogP contribution in [-0.4, -0.2) is 65.3 Å². The lowest BCUT2D eigenvalue weighted by molar-refractivity contribution is 0.0897. The second-order valence-electron chi connectivity index (χ2n) is 11.2. The van der Waals surface area contributed by atoms with Gasteiger partial charge < -0.3 is 15.2 Å². The minimum Gasteiger partial charge on any atom is -0.360 e. The van der Waals surface area contributed by atoms with Gasteiger partial charge in [0.15, 0.2) is 5.69 Å². The summed E-state index contributed by atoms with van der Waals surface area (Å²) in [6, 6.07) is 12.5. The Hall–Kier alpha value is -2.27. The van der Waals surface area contributed by atoms with Crippen molar-refractivity contribution in [1.29, 1.82) is 0 Å². The van der Waals surface area contributed by atoms with Crippen LogP contribution in [0.4, 0.5) is 0 Å². The van der Waals surface area contributed by atoms with Gasteiger partial charge in [0.1, 0.15) is 5.76 Å². The number of fused-ring (bicyclic) bond motifs is 2. The zero-order valence-corrected chi connectivity index (χ0v) is 22.2. The molecule has 3 saturated heterocycles. The molecule has 2 bridgehead atoms. The van der Waals surface area contributed by atoms with Crippen LogP contribution in [0.15, 0.2) is 40.9 Å². The number of nitrogens with zero attached hydrogens (tertiary/aromatic N) is 3. The number of carbonyl (C=O) groups is 1. The van der Waals surface area contributed by atoms with Gasteiger partial charge in [-0.25, -0.2) is 0 Å². The van der Waals surface area contributed by atoms with Gasteiger partial charge in [-0.3, -0.25) is 4.79 Å². The second-order valence-corrected chi connectivity index (χ2v) is 13.1. The van der Waals surface area contributed by atoms with E-state index in [-0.39, 0.29) is 30.1 Å². The number of rotatable bonds is 8. The summed E-state index contributed by atoms with van der Waals surface area (Å²) in [5.41, 5.74) is 1.57. The first-order valence-corrected chi connectivity index (χ1v) is 15.1. The van der Waals surface area contributed by atoms with Gasteiger partial charge in [-0.1, -0.05) is 35.5 Å². The summed E-state index contributed by atoms with van der Waals surface area (Å²) in [6.07, 6.45) is 6.76. The van der Waals surface area contributed by atoms with Crippen LogP contribution in [0.3, 0.4) is 0 Å². The van der Waals surface area contributed by atoms with Gasteiger partial charge in [0.2, 0.25) is 0 Å². The minimum absolute atomic E-state index is 0.0491. The summed E-state index contributed by atoms with van der Waals surface area (Å²) < 4.78 is 36.2. The molecule has 4 aliphatic rings. The molecule has 37 heavy (non-hydrogen) atoms. The first kappa shape index (κ1) is 25.0. The molecule has 4 atom stereocenters. The molecule has 6 rings (SSSR count). The van der Waals surface area contributed by atoms with E-state index in [9.17, 15) is 13.2 Å². The topological polar surface area (TPSA) is 108 Å². The lowest BCUT2D eigenvalue weighted by atomic mass is 9.99. The van der Waals surface area contributed by atoms with Gasteiger partial charge in [0, 0.05) is 55.3 Å². The van der Waals surface area contributed by atoms with Gasteiger partial charge >= 0.3 is 0 Å². The van der Waals surface area contributed by atoms with Gasteiger partial charge in [-0.2, -0.15) is 17.0 Å². The quantitative estimate of drug-likeness (QED) is 0.545. The van der Waals surface area contributed by atoms with Gasteiger partial charge in [0.25, 0.3) is 16.1 Å². The van der Waals surface area contributed by atoms with E-state index in [1.54, 1.807) is 14.7 Å². The zero-order chi connectivity index (χ0) is 25.6. The van der Waals surface area contributed by atoms with Crippen molar-refractivity contribution in [3.63, 3.8) is 0 Å². The summed E-state index contributed by atoms with van der Waals surface area (Å²) in [6.45, 7) is 3.23. The molecule has 1 aliphatic carbocycles. The monoisotopic (exact) mass is 527 g/mol. The average Bonchev–Trinajstić information content (AvgIpc) is 3.55. The van der Waals surface area contributed by atoms with Crippen LogP contribution in [-0.2, 0) is 10.2 Å². The summed E-state index contributed by atoms with van der Waals surface area (Å²) in [7, 11) is -3.53. The molecule has 1 unspecified atom stereocenters. The number of piperidine rings is 2. The number of nitrogens with one attached hydrogen (secondary N) is 2. The van der Waals surface area contributed by atoms with Crippen molar-refractivity contribution in [2.75, 3.05) is 13.1 Å². The number of carbonyl (C=O) groups excluding carboxylic acids is 1. The number of aromatic nitrogens is 1. The minimum atomic E-state index is -3.53. The summed E-state index contributed by atoms with van der Waals surface area (Å²) >= 11 is 0. The van der Waals surface area contributed by atoms with Crippen molar-refractivity contribution in [3.05, 3.63) is 53.4 Å². The van der Waals surface area contributed by atoms with Crippen LogP contribution < -0.4 is 10.6 Å². The fraction of sp³-hybridized carbons (Fsp3) is 0.630. The van der Waals surface area contributed by atoms with Crippen molar-refractivity contribution >= 4 is 16.1 Å². The molecule has 4 fully saturated rings. The first-order chi connectivity index (χ1) is 17.9. The predicted octanol–water partition coefficient (Wildman–Crippen LogP) is 3.34. The van der Waals surface area contributed by atoms with Crippen LogP contribution in [0.1, 0.15) is 92.1 Å². The Morgan fingerprint density at radius 3 is 2.32 bits per heavy atom. The molecule has 200 valence electrons. The molecular formula is C27H37N5O4S. The molecule has 9 nitrogen and oxygen atoms in total. The van der Waals surface area contributed by atoms with E-state index >= 15 is 0 Å². The Labute approximate surface area is 219 Å². The third kappa shape index (κ3) is 5.21. The fourth-order valence-electron chi connectivity index (χ4n) is 6.42. The van der Waals surface area contributed by atoms with E-state index in [0.29, 0.717) is 43.6 Å². The van der Waals surface area contributed by atoms with Crippen LogP contribution in [0.2, 0.25) is 0 Å². The van der Waals surface area contributed by atoms with Gasteiger partial charge in [0.05, 0.1) is 0 Å². The highest BCUT2D eigenvalue weighted by atomic mass is 32.2. The van der Waals surface area contributed by atoms with Crippen molar-refractivity contribution < 1.29 is 17.7 Å². The molecule has 2 N–H and O–H groups in total. The van der Waals surface area contributed by atoms with Crippen LogP contribution in [0.25, 0.3) is 0 Å². The Morgan fingerprint density at radius 1 is 1.00 bits per heavy atom. The maximum absolute atomic E-state index is 13.7. The molecule has 1 amide bonds. The van der Waals surface area contributed by atoms with Gasteiger partial charge in [-0.15, -0.1) is 0 Å². The molecule has 2 aromatic rings. The average molecular weight is 528 g/mol. The molecule has 1 aromatic heterocycles. The van der Waals surface area contributed by atoms with Gasteiger partial charge in [-0.05, 0) is 63.9 Å². The van der Waals surface area contributed by atoms with Crippen LogP contribution in [0.5, 0.6) is 0 Å². The van der Waals surface area contributed by atoms with Crippen LogP contribution >= 0.6 is 0 Å². The van der Waals surface area contributed by atoms with Crippen molar-refractivity contribution in [2.24, 2.45) is 0 Å². The molecule has 1 aromatic carbocycles. The lowest BCUT2D eigenvalue weighted by Crippen LogP contribution is -2.57. The SMILES string of the molecule is C[C@@H](NC1CCN(S(=O)(=O)N2[C@@H]3CC[C@H]2CC(NC(=O)c2cc(C4CC4)on2)C3)CC1)c1ccccc1. The van der Waals surface area contributed by atoms with E-state index < -0.39 is 10.2 Å². The number of hydrogen-bond acceptors (Lipinski definition) is 6. The standard InChI is InChI=1S/C27H37N5O4S/c1-18(19-5-3-2-4-6-19)28-21-11-13-31(14-12-21)37(34,35)32-23-9-10-24(32)16-22(15-23)29-27(33)25-17-26(36-30-25)20-7-8-20/h2-6,17-18,20-24,28H,7-16H2,1H3,(H,29,33)/t18-,22?,23-,24+/m1/s1. The third-order valence-electron chi connectivity index (χ3n) is 8.57.